The average molecular weight is 354 g/mol. The Morgan fingerprint density at radius 2 is 2.00 bits per heavy atom. The molecule has 1 heterocycles. The number of hydrogen-bond acceptors (Lipinski definition) is 4. The van der Waals surface area contributed by atoms with Gasteiger partial charge in [0.1, 0.15) is 0 Å². The van der Waals surface area contributed by atoms with E-state index in [1.807, 2.05) is 35.2 Å². The molecule has 1 aliphatic rings. The molecule has 2 unspecified atom stereocenters. The van der Waals surface area contributed by atoms with Crippen LogP contribution in [0.1, 0.15) is 31.2 Å². The molecule has 0 aliphatic carbocycles. The van der Waals surface area contributed by atoms with Crippen LogP contribution in [0.5, 0.6) is 0 Å². The van der Waals surface area contributed by atoms with Crippen LogP contribution in [0.4, 0.5) is 0 Å². The van der Waals surface area contributed by atoms with Gasteiger partial charge in [-0.05, 0) is 37.9 Å². The van der Waals surface area contributed by atoms with Crippen LogP contribution in [0.3, 0.4) is 0 Å². The van der Waals surface area contributed by atoms with E-state index in [0.717, 1.165) is 5.56 Å². The highest BCUT2D eigenvalue weighted by Crippen LogP contribution is 2.58. The first-order chi connectivity index (χ1) is 11.4. The van der Waals surface area contributed by atoms with Gasteiger partial charge in [0.2, 0.25) is 7.37 Å². The van der Waals surface area contributed by atoms with Crippen LogP contribution in [0, 0.1) is 0 Å². The lowest BCUT2D eigenvalue weighted by Crippen LogP contribution is -2.47. The summed E-state index contributed by atoms with van der Waals surface area (Å²) in [4.78, 5) is 24.6. The van der Waals surface area contributed by atoms with Gasteiger partial charge in [-0.15, -0.1) is 0 Å². The van der Waals surface area contributed by atoms with Crippen molar-refractivity contribution in [1.29, 1.82) is 0 Å². The Morgan fingerprint density at radius 3 is 2.62 bits per heavy atom. The van der Waals surface area contributed by atoms with Gasteiger partial charge >= 0.3 is 5.97 Å². The minimum Gasteiger partial charge on any atom is -0.480 e. The summed E-state index contributed by atoms with van der Waals surface area (Å²) in [6.07, 6.45) is 2.00. The zero-order chi connectivity index (χ0) is 17.6. The third-order valence-corrected chi connectivity index (χ3v) is 7.60. The van der Waals surface area contributed by atoms with E-state index in [0.29, 0.717) is 38.9 Å². The van der Waals surface area contributed by atoms with E-state index >= 15 is 0 Å². The maximum atomic E-state index is 12.9. The second-order valence-electron chi connectivity index (χ2n) is 6.56. The number of rotatable bonds is 7. The van der Waals surface area contributed by atoms with Crippen molar-refractivity contribution < 1.29 is 19.4 Å². The molecule has 1 aliphatic heterocycles. The lowest BCUT2D eigenvalue weighted by atomic mass is 9.99. The molecule has 2 atom stereocenters. The number of unbranched alkanes of at least 4 members (excludes halogenated alkanes) is 1. The number of aliphatic carboxylic acids is 1. The summed E-state index contributed by atoms with van der Waals surface area (Å²) in [5.41, 5.74) is 6.58. The van der Waals surface area contributed by atoms with Crippen molar-refractivity contribution in [2.75, 3.05) is 25.8 Å². The van der Waals surface area contributed by atoms with Crippen molar-refractivity contribution >= 4 is 13.3 Å². The minimum atomic E-state index is -3.79. The molecule has 1 aromatic carbocycles. The van der Waals surface area contributed by atoms with Crippen LogP contribution in [0.25, 0.3) is 0 Å². The Morgan fingerprint density at radius 1 is 1.29 bits per heavy atom. The van der Waals surface area contributed by atoms with E-state index in [2.05, 4.69) is 0 Å². The van der Waals surface area contributed by atoms with Gasteiger partial charge in [-0.25, -0.2) is 0 Å². The smallest absolute Gasteiger partial charge is 0.320 e. The van der Waals surface area contributed by atoms with Crippen molar-refractivity contribution in [3.63, 3.8) is 0 Å². The zero-order valence-electron chi connectivity index (χ0n) is 13.9. The number of nitrogens with two attached hydrogens (primary N) is 1. The maximum Gasteiger partial charge on any atom is 0.320 e. The van der Waals surface area contributed by atoms with Gasteiger partial charge < -0.3 is 15.7 Å². The molecule has 2 rings (SSSR count). The topological polar surface area (TPSA) is 104 Å². The molecule has 7 heteroatoms. The molecule has 0 radical (unpaired) electrons. The largest absolute Gasteiger partial charge is 0.480 e. The molecule has 1 fully saturated rings. The molecule has 0 saturated carbocycles. The van der Waals surface area contributed by atoms with E-state index in [-0.39, 0.29) is 19.1 Å². The second kappa shape index (κ2) is 8.26. The van der Waals surface area contributed by atoms with Crippen LogP contribution in [0.15, 0.2) is 30.3 Å². The first-order valence-electron chi connectivity index (χ1n) is 8.43. The predicted molar refractivity (Wildman–Crippen MR) is 94.3 cm³/mol. The highest BCUT2D eigenvalue weighted by Gasteiger charge is 2.54. The van der Waals surface area contributed by atoms with Crippen LogP contribution in [-0.4, -0.2) is 51.8 Å². The molecule has 0 bridgehead atoms. The summed E-state index contributed by atoms with van der Waals surface area (Å²) >= 11 is 0. The average Bonchev–Trinajstić information content (AvgIpc) is 2.66. The monoisotopic (exact) mass is 354 g/mol. The summed E-state index contributed by atoms with van der Waals surface area (Å²) in [6, 6.07) is 9.79. The number of benzene rings is 1. The minimum absolute atomic E-state index is 0.0627. The molecule has 4 N–H and O–H groups in total. The summed E-state index contributed by atoms with van der Waals surface area (Å²) in [5.74, 6) is -1.16. The number of carboxylic acid groups (broad SMARTS) is 1. The van der Waals surface area contributed by atoms with Crippen molar-refractivity contribution in [2.24, 2.45) is 5.73 Å². The molecule has 0 spiro atoms. The highest BCUT2D eigenvalue weighted by atomic mass is 31.2. The van der Waals surface area contributed by atoms with Gasteiger partial charge in [-0.1, -0.05) is 36.8 Å². The van der Waals surface area contributed by atoms with Crippen LogP contribution in [-0.2, 0) is 15.9 Å². The molecular formula is C17H27N2O4P. The maximum absolute atomic E-state index is 12.9. The third-order valence-electron chi connectivity index (χ3n) is 4.78. The molecule has 1 aromatic rings. The van der Waals surface area contributed by atoms with Crippen LogP contribution in [0.2, 0.25) is 0 Å². The number of nitrogens with zero attached hydrogens (tertiary/aromatic N) is 1. The quantitative estimate of drug-likeness (QED) is 0.512. The van der Waals surface area contributed by atoms with Gasteiger partial charge in [-0.3, -0.25) is 14.3 Å². The van der Waals surface area contributed by atoms with E-state index in [1.54, 1.807) is 0 Å². The number of carboxylic acids is 1. The van der Waals surface area contributed by atoms with E-state index in [1.165, 1.54) is 0 Å². The summed E-state index contributed by atoms with van der Waals surface area (Å²) in [7, 11) is -3.79. The molecule has 1 saturated heterocycles. The molecular weight excluding hydrogens is 327 g/mol. The lowest BCUT2D eigenvalue weighted by Gasteiger charge is -2.35. The van der Waals surface area contributed by atoms with Gasteiger partial charge in [0.15, 0.2) is 5.16 Å². The Balaban J connectivity index is 2.25. The second-order valence-corrected chi connectivity index (χ2v) is 9.26. The van der Waals surface area contributed by atoms with E-state index in [9.17, 15) is 19.4 Å². The molecule has 134 valence electrons. The molecule has 0 aromatic heterocycles. The predicted octanol–water partition coefficient (Wildman–Crippen LogP) is 2.12. The van der Waals surface area contributed by atoms with Crippen molar-refractivity contribution in [1.82, 2.24) is 4.90 Å². The van der Waals surface area contributed by atoms with Gasteiger partial charge in [0.25, 0.3) is 0 Å². The molecule has 0 amide bonds. The summed E-state index contributed by atoms with van der Waals surface area (Å²) in [5, 5.41) is 8.25. The normalized spacial score (nSPS) is 28.4. The fraction of sp³-hybridized carbons (Fsp3) is 0.588. The lowest BCUT2D eigenvalue weighted by molar-refractivity contribution is -0.141. The Bertz CT molecular complexity index is 596. The van der Waals surface area contributed by atoms with Crippen molar-refractivity contribution in [3.8, 4) is 0 Å². The van der Waals surface area contributed by atoms with Crippen molar-refractivity contribution in [2.45, 2.75) is 37.4 Å². The fourth-order valence-corrected chi connectivity index (χ4v) is 5.62. The summed E-state index contributed by atoms with van der Waals surface area (Å²) < 4.78 is 12.9. The first kappa shape index (κ1) is 19.1. The Kier molecular flexibility index (Phi) is 6.58. The Hall–Kier alpha value is -1.20. The van der Waals surface area contributed by atoms with E-state index in [4.69, 9.17) is 5.73 Å². The van der Waals surface area contributed by atoms with Gasteiger partial charge in [0.05, 0.1) is 0 Å². The van der Waals surface area contributed by atoms with Crippen LogP contribution < -0.4 is 5.73 Å². The summed E-state index contributed by atoms with van der Waals surface area (Å²) in [6.45, 7) is 1.78. The zero-order valence-corrected chi connectivity index (χ0v) is 14.8. The number of carbonyl (C=O) groups is 1. The third kappa shape index (κ3) is 4.25. The Labute approximate surface area is 143 Å². The van der Waals surface area contributed by atoms with Crippen LogP contribution >= 0.6 is 7.37 Å². The fourth-order valence-electron chi connectivity index (χ4n) is 3.40. The van der Waals surface area contributed by atoms with E-state index < -0.39 is 18.5 Å². The molecule has 24 heavy (non-hydrogen) atoms. The first-order valence-corrected chi connectivity index (χ1v) is 10.3. The van der Waals surface area contributed by atoms with Gasteiger partial charge in [0, 0.05) is 19.3 Å². The number of hydrogen-bond donors (Lipinski definition) is 3. The highest BCUT2D eigenvalue weighted by molar-refractivity contribution is 7.60. The van der Waals surface area contributed by atoms with Gasteiger partial charge in [-0.2, -0.15) is 0 Å². The molecule has 6 nitrogen and oxygen atoms in total. The SMILES string of the molecule is NCCCCC1(C(=O)O)CN(Cc2ccccc2)CCCP1(=O)O. The van der Waals surface area contributed by atoms with Crippen molar-refractivity contribution in [3.05, 3.63) is 35.9 Å². The standard InChI is InChI=1S/C17H27N2O4P/c18-10-5-4-9-17(16(20)21)14-19(11-6-12-24(17,22)23)13-15-7-2-1-3-8-15/h1-3,7-8H,4-6,9-14,18H2,(H,20,21)(H,22,23).